The van der Waals surface area contributed by atoms with Gasteiger partial charge in [0, 0.05) is 36.1 Å². The van der Waals surface area contributed by atoms with Crippen molar-refractivity contribution in [2.45, 2.75) is 6.54 Å². The van der Waals surface area contributed by atoms with Crippen LogP contribution in [0.1, 0.15) is 16.8 Å². The van der Waals surface area contributed by atoms with Crippen molar-refractivity contribution >= 4 is 16.9 Å². The number of fused-ring (bicyclic) bond motifs is 1. The number of aromatic nitrogens is 7. The van der Waals surface area contributed by atoms with Gasteiger partial charge in [-0.25, -0.2) is 24.3 Å². The zero-order valence-electron chi connectivity index (χ0n) is 16.6. The van der Waals surface area contributed by atoms with Crippen LogP contribution in [0.3, 0.4) is 0 Å². The molecule has 5 aromatic rings. The molecule has 9 heteroatoms. The number of halogens is 1. The second kappa shape index (κ2) is 8.57. The number of aromatic amines is 1. The second-order valence-corrected chi connectivity index (χ2v) is 6.82. The smallest absolute Gasteiger partial charge is 0.223 e. The SMILES string of the molecule is Fc1cncc(CNc2nccc(-c3nccc(C#Cc4ccc5[nH]ncc5c4)n3)n2)c1. The van der Waals surface area contributed by atoms with Crippen molar-refractivity contribution in [2.24, 2.45) is 0 Å². The lowest BCUT2D eigenvalue weighted by molar-refractivity contribution is 0.619. The molecule has 0 aliphatic rings. The highest BCUT2D eigenvalue weighted by atomic mass is 19.1. The summed E-state index contributed by atoms with van der Waals surface area (Å²) >= 11 is 0. The van der Waals surface area contributed by atoms with Crippen molar-refractivity contribution in [3.05, 3.63) is 90.0 Å². The number of nitrogens with one attached hydrogen (secondary N) is 2. The predicted octanol–water partition coefficient (Wildman–Crippen LogP) is 3.36. The molecule has 0 saturated heterocycles. The molecule has 0 aliphatic carbocycles. The second-order valence-electron chi connectivity index (χ2n) is 6.82. The molecule has 2 N–H and O–H groups in total. The normalized spacial score (nSPS) is 10.5. The predicted molar refractivity (Wildman–Crippen MR) is 117 cm³/mol. The van der Waals surface area contributed by atoms with E-state index in [-0.39, 0.29) is 0 Å². The minimum atomic E-state index is -0.394. The van der Waals surface area contributed by atoms with Crippen molar-refractivity contribution in [1.29, 1.82) is 0 Å². The molecule has 0 saturated carbocycles. The Balaban J connectivity index is 1.34. The average molecular weight is 422 g/mol. The third-order valence-corrected chi connectivity index (χ3v) is 4.53. The van der Waals surface area contributed by atoms with E-state index in [0.717, 1.165) is 22.7 Å². The summed E-state index contributed by atoms with van der Waals surface area (Å²) in [5, 5.41) is 11.0. The quantitative estimate of drug-likeness (QED) is 0.428. The van der Waals surface area contributed by atoms with Crippen LogP contribution in [0.4, 0.5) is 10.3 Å². The maximum absolute atomic E-state index is 13.3. The number of benzene rings is 1. The first-order valence-corrected chi connectivity index (χ1v) is 9.68. The van der Waals surface area contributed by atoms with Gasteiger partial charge >= 0.3 is 0 Å². The number of hydrogen-bond donors (Lipinski definition) is 2. The Morgan fingerprint density at radius 1 is 0.938 bits per heavy atom. The summed E-state index contributed by atoms with van der Waals surface area (Å²) in [6, 6.07) is 10.7. The number of pyridine rings is 1. The summed E-state index contributed by atoms with van der Waals surface area (Å²) in [4.78, 5) is 21.3. The Hall–Kier alpha value is -4.71. The molecule has 4 aromatic heterocycles. The van der Waals surface area contributed by atoms with E-state index in [0.29, 0.717) is 35.3 Å². The fourth-order valence-electron chi connectivity index (χ4n) is 3.01. The molecule has 1 aromatic carbocycles. The Labute approximate surface area is 182 Å². The molecule has 0 amide bonds. The van der Waals surface area contributed by atoms with Gasteiger partial charge in [-0.1, -0.05) is 5.92 Å². The van der Waals surface area contributed by atoms with Crippen LogP contribution >= 0.6 is 0 Å². The third kappa shape index (κ3) is 4.39. The summed E-state index contributed by atoms with van der Waals surface area (Å²) in [7, 11) is 0. The Bertz CT molecular complexity index is 1470. The molecule has 154 valence electrons. The highest BCUT2D eigenvalue weighted by Gasteiger charge is 2.06. The van der Waals surface area contributed by atoms with E-state index >= 15 is 0 Å². The highest BCUT2D eigenvalue weighted by Crippen LogP contribution is 2.15. The van der Waals surface area contributed by atoms with Gasteiger partial charge in [0.25, 0.3) is 0 Å². The van der Waals surface area contributed by atoms with Crippen LogP contribution in [0, 0.1) is 17.7 Å². The minimum absolute atomic E-state index is 0.335. The Morgan fingerprint density at radius 3 is 2.81 bits per heavy atom. The average Bonchev–Trinajstić information content (AvgIpc) is 3.30. The highest BCUT2D eigenvalue weighted by molar-refractivity contribution is 5.79. The number of nitrogens with zero attached hydrogens (tertiary/aromatic N) is 6. The first-order chi connectivity index (χ1) is 15.7. The number of anilines is 1. The number of rotatable bonds is 4. The van der Waals surface area contributed by atoms with Gasteiger partial charge in [0.15, 0.2) is 5.82 Å². The van der Waals surface area contributed by atoms with E-state index in [1.807, 2.05) is 18.2 Å². The maximum Gasteiger partial charge on any atom is 0.223 e. The largest absolute Gasteiger partial charge is 0.350 e. The molecule has 8 nitrogen and oxygen atoms in total. The van der Waals surface area contributed by atoms with Crippen molar-refractivity contribution < 1.29 is 4.39 Å². The molecule has 0 atom stereocenters. The zero-order chi connectivity index (χ0) is 21.8. The van der Waals surface area contributed by atoms with Gasteiger partial charge in [-0.2, -0.15) is 5.10 Å². The zero-order valence-corrected chi connectivity index (χ0v) is 16.6. The van der Waals surface area contributed by atoms with Crippen LogP contribution in [0.5, 0.6) is 0 Å². The van der Waals surface area contributed by atoms with Gasteiger partial charge < -0.3 is 5.32 Å². The Morgan fingerprint density at radius 2 is 1.88 bits per heavy atom. The van der Waals surface area contributed by atoms with E-state index < -0.39 is 5.82 Å². The lowest BCUT2D eigenvalue weighted by Crippen LogP contribution is -2.05. The van der Waals surface area contributed by atoms with Gasteiger partial charge in [0.1, 0.15) is 17.2 Å². The topological polar surface area (TPSA) is 105 Å². The molecule has 5 rings (SSSR count). The van der Waals surface area contributed by atoms with Crippen LogP contribution in [-0.2, 0) is 6.54 Å². The van der Waals surface area contributed by atoms with Crippen LogP contribution in [-0.4, -0.2) is 35.1 Å². The van der Waals surface area contributed by atoms with E-state index in [2.05, 4.69) is 52.3 Å². The van der Waals surface area contributed by atoms with Crippen LogP contribution in [0.25, 0.3) is 22.4 Å². The van der Waals surface area contributed by atoms with Crippen molar-refractivity contribution in [1.82, 2.24) is 35.1 Å². The molecule has 0 bridgehead atoms. The van der Waals surface area contributed by atoms with Crippen molar-refractivity contribution in [3.63, 3.8) is 0 Å². The fraction of sp³-hybridized carbons (Fsp3) is 0.0435. The van der Waals surface area contributed by atoms with Gasteiger partial charge in [0.2, 0.25) is 5.95 Å². The molecule has 0 unspecified atom stereocenters. The number of H-pyrrole nitrogens is 1. The minimum Gasteiger partial charge on any atom is -0.350 e. The first kappa shape index (κ1) is 19.3. The molecular weight excluding hydrogens is 407 g/mol. The fourth-order valence-corrected chi connectivity index (χ4v) is 3.01. The number of hydrogen-bond acceptors (Lipinski definition) is 7. The van der Waals surface area contributed by atoms with Gasteiger partial charge in [-0.3, -0.25) is 10.1 Å². The molecule has 0 radical (unpaired) electrons. The molecule has 0 spiro atoms. The lowest BCUT2D eigenvalue weighted by atomic mass is 10.1. The van der Waals surface area contributed by atoms with Crippen LogP contribution in [0.2, 0.25) is 0 Å². The van der Waals surface area contributed by atoms with Crippen LogP contribution < -0.4 is 5.32 Å². The van der Waals surface area contributed by atoms with Gasteiger partial charge in [-0.05, 0) is 47.9 Å². The van der Waals surface area contributed by atoms with E-state index in [9.17, 15) is 4.39 Å². The van der Waals surface area contributed by atoms with Gasteiger partial charge in [-0.15, -0.1) is 0 Å². The summed E-state index contributed by atoms with van der Waals surface area (Å²) in [6.45, 7) is 0.335. The van der Waals surface area contributed by atoms with E-state index in [1.54, 1.807) is 36.9 Å². The summed E-state index contributed by atoms with van der Waals surface area (Å²) in [5.74, 6) is 6.59. The summed E-state index contributed by atoms with van der Waals surface area (Å²) in [5.41, 5.74) is 3.62. The standard InChI is InChI=1S/C23H15FN8/c24-18-10-16(11-25-14-18)12-28-23-27-8-6-21(31-23)22-26-7-5-19(30-22)3-1-15-2-4-20-17(9-15)13-29-32-20/h2,4-11,13-14H,12H2,(H,29,32)(H,27,28,31). The van der Waals surface area contributed by atoms with Crippen LogP contribution in [0.15, 0.2) is 67.4 Å². The first-order valence-electron chi connectivity index (χ1n) is 9.68. The van der Waals surface area contributed by atoms with Crippen molar-refractivity contribution in [2.75, 3.05) is 5.32 Å². The van der Waals surface area contributed by atoms with Crippen molar-refractivity contribution in [3.8, 4) is 23.4 Å². The molecule has 32 heavy (non-hydrogen) atoms. The lowest BCUT2D eigenvalue weighted by Gasteiger charge is -2.06. The molecular formula is C23H15FN8. The Kier molecular flexibility index (Phi) is 5.16. The summed E-state index contributed by atoms with van der Waals surface area (Å²) in [6.07, 6.45) is 7.74. The monoisotopic (exact) mass is 422 g/mol. The molecule has 4 heterocycles. The molecule has 0 aliphatic heterocycles. The van der Waals surface area contributed by atoms with E-state index in [4.69, 9.17) is 0 Å². The molecule has 0 fully saturated rings. The van der Waals surface area contributed by atoms with Gasteiger partial charge in [0.05, 0.1) is 17.9 Å². The third-order valence-electron chi connectivity index (χ3n) is 4.53. The maximum atomic E-state index is 13.3. The summed E-state index contributed by atoms with van der Waals surface area (Å²) < 4.78 is 13.3. The van der Waals surface area contributed by atoms with E-state index in [1.165, 1.54) is 6.07 Å².